The average molecular weight is 492 g/mol. The third-order valence-corrected chi connectivity index (χ3v) is 8.41. The van der Waals surface area contributed by atoms with E-state index in [1.807, 2.05) is 44.2 Å². The highest BCUT2D eigenvalue weighted by Crippen LogP contribution is 2.55. The van der Waals surface area contributed by atoms with E-state index in [1.165, 1.54) is 19.3 Å². The maximum absolute atomic E-state index is 13.3. The number of nitrogens with one attached hydrogen (secondary N) is 2. The van der Waals surface area contributed by atoms with E-state index in [9.17, 15) is 9.59 Å². The van der Waals surface area contributed by atoms with Crippen LogP contribution in [-0.4, -0.2) is 45.2 Å². The number of anilines is 1. The van der Waals surface area contributed by atoms with E-state index in [0.29, 0.717) is 12.4 Å². The maximum Gasteiger partial charge on any atom is 0.318 e. The van der Waals surface area contributed by atoms with Crippen LogP contribution in [0.25, 0.3) is 5.69 Å². The summed E-state index contributed by atoms with van der Waals surface area (Å²) < 4.78 is 1.79. The van der Waals surface area contributed by atoms with Crippen LogP contribution >= 0.6 is 0 Å². The van der Waals surface area contributed by atoms with Crippen molar-refractivity contribution in [3.8, 4) is 5.69 Å². The van der Waals surface area contributed by atoms with Crippen molar-refractivity contribution in [1.82, 2.24) is 20.0 Å². The summed E-state index contributed by atoms with van der Waals surface area (Å²) in [6, 6.07) is 9.88. The molecule has 0 aliphatic heterocycles. The number of nitrogens with zero attached hydrogens (tertiary/aromatic N) is 3. The molecule has 0 spiro atoms. The Morgan fingerprint density at radius 1 is 1.08 bits per heavy atom. The van der Waals surface area contributed by atoms with Gasteiger partial charge in [-0.05, 0) is 87.8 Å². The minimum Gasteiger partial charge on any atom is -0.333 e. The van der Waals surface area contributed by atoms with Crippen LogP contribution in [0.15, 0.2) is 30.3 Å². The Morgan fingerprint density at radius 2 is 1.72 bits per heavy atom. The molecule has 3 amide bonds. The molecule has 1 heterocycles. The number of hydrogen-bond donors (Lipinski definition) is 2. The van der Waals surface area contributed by atoms with Gasteiger partial charge in [0.15, 0.2) is 0 Å². The van der Waals surface area contributed by atoms with Crippen LogP contribution < -0.4 is 10.6 Å². The number of carbonyl (C=O) groups is 2. The standard InChI is InChI=1S/C29H41N5O2/c1-6-33(27(36)31-29-15-20-11-21(16-29)13-22(12-20)17-29)18-26(35)30-25-14-24(28(3,4)5)32-34(25)23-9-7-8-19(2)10-23/h7-10,14,20-22H,6,11-13,15-18H2,1-5H3,(H,30,35)(H,31,36). The summed E-state index contributed by atoms with van der Waals surface area (Å²) in [5.41, 5.74) is 2.68. The van der Waals surface area contributed by atoms with Crippen molar-refractivity contribution in [3.05, 3.63) is 41.6 Å². The summed E-state index contributed by atoms with van der Waals surface area (Å²) in [5.74, 6) is 2.68. The molecule has 2 aromatic rings. The molecule has 36 heavy (non-hydrogen) atoms. The number of likely N-dealkylation sites (N-methyl/N-ethyl adjacent to an activating group) is 1. The number of rotatable bonds is 6. The molecule has 0 atom stereocenters. The fourth-order valence-electron chi connectivity index (χ4n) is 7.05. The molecule has 7 nitrogen and oxygen atoms in total. The molecule has 0 radical (unpaired) electrons. The van der Waals surface area contributed by atoms with Crippen molar-refractivity contribution in [2.75, 3.05) is 18.4 Å². The third kappa shape index (κ3) is 5.02. The summed E-state index contributed by atoms with van der Waals surface area (Å²) >= 11 is 0. The van der Waals surface area contributed by atoms with Gasteiger partial charge in [-0.3, -0.25) is 4.79 Å². The van der Waals surface area contributed by atoms with Gasteiger partial charge in [0.2, 0.25) is 5.91 Å². The van der Waals surface area contributed by atoms with Crippen molar-refractivity contribution < 1.29 is 9.59 Å². The van der Waals surface area contributed by atoms with E-state index in [-0.39, 0.29) is 29.4 Å². The summed E-state index contributed by atoms with van der Waals surface area (Å²) in [7, 11) is 0. The Balaban J connectivity index is 1.29. The van der Waals surface area contributed by atoms with E-state index in [2.05, 4.69) is 31.4 Å². The number of carbonyl (C=O) groups excluding carboxylic acids is 2. The molecular weight excluding hydrogens is 450 g/mol. The van der Waals surface area contributed by atoms with Crippen molar-refractivity contribution >= 4 is 17.8 Å². The normalized spacial score (nSPS) is 26.6. The molecule has 6 rings (SSSR count). The summed E-state index contributed by atoms with van der Waals surface area (Å²) in [4.78, 5) is 28.1. The van der Waals surface area contributed by atoms with E-state index in [1.54, 1.807) is 9.58 Å². The maximum atomic E-state index is 13.3. The third-order valence-electron chi connectivity index (χ3n) is 8.41. The summed E-state index contributed by atoms with van der Waals surface area (Å²) in [6.45, 7) is 10.8. The highest BCUT2D eigenvalue weighted by atomic mass is 16.2. The lowest BCUT2D eigenvalue weighted by Gasteiger charge is -2.57. The number of aromatic nitrogens is 2. The highest BCUT2D eigenvalue weighted by Gasteiger charge is 2.51. The lowest BCUT2D eigenvalue weighted by Crippen LogP contribution is -2.62. The van der Waals surface area contributed by atoms with Crippen LogP contribution in [0.1, 0.15) is 77.5 Å². The molecule has 7 heteroatoms. The fourth-order valence-corrected chi connectivity index (χ4v) is 7.05. The van der Waals surface area contributed by atoms with Gasteiger partial charge in [-0.25, -0.2) is 9.48 Å². The minimum atomic E-state index is -0.216. The smallest absolute Gasteiger partial charge is 0.318 e. The fraction of sp³-hybridized carbons (Fsp3) is 0.621. The zero-order chi connectivity index (χ0) is 25.7. The van der Waals surface area contributed by atoms with Gasteiger partial charge in [-0.15, -0.1) is 0 Å². The van der Waals surface area contributed by atoms with E-state index >= 15 is 0 Å². The van der Waals surface area contributed by atoms with Crippen LogP contribution in [0, 0.1) is 24.7 Å². The molecule has 4 fully saturated rings. The Morgan fingerprint density at radius 3 is 2.28 bits per heavy atom. The van der Waals surface area contributed by atoms with E-state index < -0.39 is 0 Å². The van der Waals surface area contributed by atoms with Crippen LogP contribution in [0.5, 0.6) is 0 Å². The Bertz CT molecular complexity index is 1110. The van der Waals surface area contributed by atoms with Gasteiger partial charge in [0.25, 0.3) is 0 Å². The Labute approximate surface area is 215 Å². The Kier molecular flexibility index (Phi) is 6.38. The number of urea groups is 1. The molecular formula is C29H41N5O2. The molecule has 4 bridgehead atoms. The predicted octanol–water partition coefficient (Wildman–Crippen LogP) is 5.42. The Hall–Kier alpha value is -2.83. The highest BCUT2D eigenvalue weighted by molar-refractivity contribution is 5.94. The molecule has 0 unspecified atom stereocenters. The van der Waals surface area contributed by atoms with Gasteiger partial charge in [0.05, 0.1) is 11.4 Å². The molecule has 4 aliphatic carbocycles. The first-order valence-electron chi connectivity index (χ1n) is 13.6. The topological polar surface area (TPSA) is 79.3 Å². The lowest BCUT2D eigenvalue weighted by atomic mass is 9.53. The first-order chi connectivity index (χ1) is 17.0. The van der Waals surface area contributed by atoms with Gasteiger partial charge in [-0.1, -0.05) is 32.9 Å². The second-order valence-electron chi connectivity index (χ2n) is 12.6. The molecule has 194 valence electrons. The molecule has 4 saturated carbocycles. The van der Waals surface area contributed by atoms with Crippen molar-refractivity contribution in [3.63, 3.8) is 0 Å². The van der Waals surface area contributed by atoms with Gasteiger partial charge in [0.1, 0.15) is 12.4 Å². The largest absolute Gasteiger partial charge is 0.333 e. The average Bonchev–Trinajstić information content (AvgIpc) is 3.20. The first-order valence-corrected chi connectivity index (χ1v) is 13.6. The SMILES string of the molecule is CCN(CC(=O)Nc1cc(C(C)(C)C)nn1-c1cccc(C)c1)C(=O)NC12CC3CC(CC(C3)C1)C2. The quantitative estimate of drug-likeness (QED) is 0.567. The van der Waals surface area contributed by atoms with Crippen LogP contribution in [0.4, 0.5) is 10.6 Å². The minimum absolute atomic E-state index is 0.0124. The molecule has 1 aromatic heterocycles. The molecule has 4 aliphatic rings. The predicted molar refractivity (Wildman–Crippen MR) is 142 cm³/mol. The summed E-state index contributed by atoms with van der Waals surface area (Å²) in [6.07, 6.45) is 7.29. The van der Waals surface area contributed by atoms with Crippen LogP contribution in [-0.2, 0) is 10.2 Å². The van der Waals surface area contributed by atoms with Gasteiger partial charge in [0, 0.05) is 23.6 Å². The lowest BCUT2D eigenvalue weighted by molar-refractivity contribution is -0.116. The number of aryl methyl sites for hydroxylation is 1. The van der Waals surface area contributed by atoms with Gasteiger partial charge < -0.3 is 15.5 Å². The zero-order valence-electron chi connectivity index (χ0n) is 22.4. The van der Waals surface area contributed by atoms with Gasteiger partial charge in [-0.2, -0.15) is 5.10 Å². The van der Waals surface area contributed by atoms with E-state index in [4.69, 9.17) is 5.10 Å². The second kappa shape index (κ2) is 9.24. The number of amides is 3. The second-order valence-corrected chi connectivity index (χ2v) is 12.6. The zero-order valence-corrected chi connectivity index (χ0v) is 22.4. The van der Waals surface area contributed by atoms with Crippen LogP contribution in [0.2, 0.25) is 0 Å². The summed E-state index contributed by atoms with van der Waals surface area (Å²) in [5, 5.41) is 11.3. The number of benzene rings is 1. The molecule has 1 aromatic carbocycles. The molecule has 2 N–H and O–H groups in total. The van der Waals surface area contributed by atoms with E-state index in [0.717, 1.165) is 54.0 Å². The molecule has 0 saturated heterocycles. The van der Waals surface area contributed by atoms with Crippen molar-refractivity contribution in [2.24, 2.45) is 17.8 Å². The monoisotopic (exact) mass is 491 g/mol. The number of hydrogen-bond acceptors (Lipinski definition) is 3. The van der Waals surface area contributed by atoms with Crippen LogP contribution in [0.3, 0.4) is 0 Å². The van der Waals surface area contributed by atoms with Crippen molar-refractivity contribution in [1.29, 1.82) is 0 Å². The first kappa shape index (κ1) is 24.8. The van der Waals surface area contributed by atoms with Crippen molar-refractivity contribution in [2.45, 2.75) is 84.1 Å². The van der Waals surface area contributed by atoms with Gasteiger partial charge >= 0.3 is 6.03 Å².